The molecule has 1 fully saturated rings. The van der Waals surface area contributed by atoms with E-state index < -0.39 is 53.9 Å². The number of Topliss-reactive ketones (excluding diaryl/α,β-unsaturated/α-hetero) is 1. The van der Waals surface area contributed by atoms with Gasteiger partial charge < -0.3 is 25.7 Å². The minimum atomic E-state index is -5.08. The van der Waals surface area contributed by atoms with Gasteiger partial charge in [0, 0.05) is 43.8 Å². The minimum Gasteiger partial charge on any atom is -0.481 e. The number of benzene rings is 1. The van der Waals surface area contributed by atoms with Gasteiger partial charge in [0.15, 0.2) is 5.78 Å². The van der Waals surface area contributed by atoms with Crippen molar-refractivity contribution < 1.29 is 51.9 Å². The number of carboxylic acids is 2. The number of aliphatic carboxylic acids is 2. The van der Waals surface area contributed by atoms with Gasteiger partial charge in [0.1, 0.15) is 18.2 Å². The number of nitro groups is 1. The summed E-state index contributed by atoms with van der Waals surface area (Å²) >= 11 is 0. The first-order chi connectivity index (χ1) is 17.8. The van der Waals surface area contributed by atoms with E-state index in [0.717, 1.165) is 6.20 Å². The molecule has 1 aliphatic rings. The second-order valence-corrected chi connectivity index (χ2v) is 7.71. The van der Waals surface area contributed by atoms with Gasteiger partial charge in [0.05, 0.1) is 22.6 Å². The fourth-order valence-corrected chi connectivity index (χ4v) is 3.49. The van der Waals surface area contributed by atoms with Crippen LogP contribution in [-0.4, -0.2) is 88.8 Å². The van der Waals surface area contributed by atoms with Crippen LogP contribution in [0.1, 0.15) is 16.8 Å². The van der Waals surface area contributed by atoms with Crippen LogP contribution >= 0.6 is 0 Å². The Hall–Kier alpha value is -4.41. The average Bonchev–Trinajstić information content (AvgIpc) is 2.86. The molecule has 1 saturated heterocycles. The number of anilines is 1. The summed E-state index contributed by atoms with van der Waals surface area (Å²) in [7, 11) is 0. The van der Waals surface area contributed by atoms with Gasteiger partial charge in [-0.2, -0.15) is 13.2 Å². The van der Waals surface area contributed by atoms with E-state index in [-0.39, 0.29) is 16.8 Å². The smallest absolute Gasteiger partial charge is 0.481 e. The van der Waals surface area contributed by atoms with Crippen molar-refractivity contribution in [2.45, 2.75) is 18.6 Å². The number of hydrogen-bond donors (Lipinski definition) is 4. The van der Waals surface area contributed by atoms with Crippen LogP contribution < -0.4 is 15.5 Å². The highest BCUT2D eigenvalue weighted by molar-refractivity contribution is 6.10. The van der Waals surface area contributed by atoms with E-state index in [1.54, 1.807) is 6.07 Å². The highest BCUT2D eigenvalue weighted by atomic mass is 19.4. The SMILES string of the molecule is O=C(O)C(F)(F)F.O=C(O)CC(NC(=O)c1cnc2c([N+](=O)[O-])cccc2c1N1CCNCC1)C(=O)CF. The van der Waals surface area contributed by atoms with Crippen LogP contribution in [0.15, 0.2) is 24.4 Å². The Labute approximate surface area is 210 Å². The van der Waals surface area contributed by atoms with Crippen LogP contribution in [0.3, 0.4) is 0 Å². The number of carboxylic acid groups (broad SMARTS) is 2. The lowest BCUT2D eigenvalue weighted by molar-refractivity contribution is -0.383. The highest BCUT2D eigenvalue weighted by Crippen LogP contribution is 2.34. The lowest BCUT2D eigenvalue weighted by atomic mass is 10.0. The molecule has 0 saturated carbocycles. The zero-order chi connectivity index (χ0) is 28.6. The minimum absolute atomic E-state index is 0.0111. The van der Waals surface area contributed by atoms with Gasteiger partial charge >= 0.3 is 18.1 Å². The maximum absolute atomic E-state index is 13.0. The maximum Gasteiger partial charge on any atom is 0.490 e. The summed E-state index contributed by atoms with van der Waals surface area (Å²) in [6, 6.07) is 2.84. The number of aromatic nitrogens is 1. The first-order valence-corrected chi connectivity index (χ1v) is 10.7. The Kier molecular flexibility index (Phi) is 9.97. The van der Waals surface area contributed by atoms with Crippen LogP contribution in [0.4, 0.5) is 28.9 Å². The molecule has 1 aromatic carbocycles. The van der Waals surface area contributed by atoms with Crippen LogP contribution in [0.2, 0.25) is 0 Å². The molecule has 206 valence electrons. The van der Waals surface area contributed by atoms with E-state index in [1.165, 1.54) is 12.1 Å². The number of nitrogens with zero attached hydrogens (tertiary/aromatic N) is 3. The maximum atomic E-state index is 13.0. The number of amides is 1. The molecule has 17 heteroatoms. The third-order valence-electron chi connectivity index (χ3n) is 5.17. The molecule has 1 unspecified atom stereocenters. The summed E-state index contributed by atoms with van der Waals surface area (Å²) in [6.07, 6.45) is -4.70. The summed E-state index contributed by atoms with van der Waals surface area (Å²) in [4.78, 5) is 61.5. The Bertz CT molecular complexity index is 1230. The van der Waals surface area contributed by atoms with Crippen LogP contribution in [-0.2, 0) is 14.4 Å². The first-order valence-electron chi connectivity index (χ1n) is 10.7. The Balaban J connectivity index is 0.000000638. The van der Waals surface area contributed by atoms with Crippen molar-refractivity contribution in [2.75, 3.05) is 37.8 Å². The van der Waals surface area contributed by atoms with Crippen molar-refractivity contribution in [3.8, 4) is 0 Å². The van der Waals surface area contributed by atoms with Crippen LogP contribution in [0.25, 0.3) is 10.9 Å². The number of carbonyl (C=O) groups is 4. The summed E-state index contributed by atoms with van der Waals surface area (Å²) in [5.74, 6) is -6.01. The number of alkyl halides is 4. The fraction of sp³-hybridized carbons (Fsp3) is 0.381. The molecule has 1 aliphatic heterocycles. The summed E-state index contributed by atoms with van der Waals surface area (Å²) in [6.45, 7) is 0.808. The van der Waals surface area contributed by atoms with Gasteiger partial charge in [0.2, 0.25) is 0 Å². The predicted octanol–water partition coefficient (Wildman–Crippen LogP) is 1.30. The number of ketones is 1. The van der Waals surface area contributed by atoms with Crippen molar-refractivity contribution >= 4 is 45.9 Å². The Morgan fingerprint density at radius 1 is 1.18 bits per heavy atom. The molecule has 2 aromatic rings. The summed E-state index contributed by atoms with van der Waals surface area (Å²) < 4.78 is 44.6. The van der Waals surface area contributed by atoms with Crippen molar-refractivity contribution in [2.24, 2.45) is 0 Å². The number of non-ortho nitro benzene ring substituents is 1. The number of nitrogens with one attached hydrogen (secondary N) is 2. The largest absolute Gasteiger partial charge is 0.490 e. The number of pyridine rings is 1. The second kappa shape index (κ2) is 12.7. The third-order valence-corrected chi connectivity index (χ3v) is 5.17. The van der Waals surface area contributed by atoms with E-state index in [0.29, 0.717) is 37.3 Å². The number of fused-ring (bicyclic) bond motifs is 1. The normalized spacial score (nSPS) is 14.2. The molecule has 0 radical (unpaired) electrons. The molecule has 13 nitrogen and oxygen atoms in total. The molecule has 0 aliphatic carbocycles. The zero-order valence-electron chi connectivity index (χ0n) is 19.3. The van der Waals surface area contributed by atoms with E-state index in [4.69, 9.17) is 15.0 Å². The van der Waals surface area contributed by atoms with Crippen molar-refractivity contribution in [3.05, 3.63) is 40.1 Å². The molecule has 1 aromatic heterocycles. The molecule has 1 atom stereocenters. The molecule has 1 amide bonds. The van der Waals surface area contributed by atoms with Crippen molar-refractivity contribution in [3.63, 3.8) is 0 Å². The lowest BCUT2D eigenvalue weighted by Gasteiger charge is -2.32. The summed E-state index contributed by atoms with van der Waals surface area (Å²) in [5.41, 5.74) is 0.267. The molecule has 0 spiro atoms. The predicted molar refractivity (Wildman–Crippen MR) is 122 cm³/mol. The van der Waals surface area contributed by atoms with E-state index in [1.807, 2.05) is 4.90 Å². The lowest BCUT2D eigenvalue weighted by Crippen LogP contribution is -2.46. The van der Waals surface area contributed by atoms with Gasteiger partial charge in [-0.1, -0.05) is 12.1 Å². The van der Waals surface area contributed by atoms with Gasteiger partial charge in [-0.3, -0.25) is 24.5 Å². The number of para-hydroxylation sites is 1. The van der Waals surface area contributed by atoms with Crippen molar-refractivity contribution in [1.82, 2.24) is 15.6 Å². The number of nitro benzene ring substituents is 1. The van der Waals surface area contributed by atoms with E-state index in [2.05, 4.69) is 15.6 Å². The molecule has 3 rings (SSSR count). The van der Waals surface area contributed by atoms with Gasteiger partial charge in [-0.15, -0.1) is 0 Å². The Morgan fingerprint density at radius 2 is 1.79 bits per heavy atom. The number of rotatable bonds is 8. The van der Waals surface area contributed by atoms with E-state index >= 15 is 0 Å². The van der Waals surface area contributed by atoms with E-state index in [9.17, 15) is 42.1 Å². The summed E-state index contributed by atoms with van der Waals surface area (Å²) in [5, 5.41) is 33.3. The number of halogens is 4. The molecular formula is C21H21F4N5O8. The standard InChI is InChI=1S/C19H20FN5O6.C2HF3O2/c20-9-15(26)13(8-16(27)28)23-19(29)12-10-22-17-11(2-1-3-14(17)25(30)31)18(12)24-6-4-21-5-7-24;3-2(4,5)1(6)7/h1-3,10,13,21H,4-9H2,(H,23,29)(H,27,28);(H,6,7). The number of piperazine rings is 1. The molecular weight excluding hydrogens is 526 g/mol. The second-order valence-electron chi connectivity index (χ2n) is 7.71. The molecule has 0 bridgehead atoms. The third kappa shape index (κ3) is 7.55. The monoisotopic (exact) mass is 547 g/mol. The van der Waals surface area contributed by atoms with Gasteiger partial charge in [-0.25, -0.2) is 14.2 Å². The Morgan fingerprint density at radius 3 is 2.29 bits per heavy atom. The average molecular weight is 547 g/mol. The van der Waals surface area contributed by atoms with Crippen molar-refractivity contribution in [1.29, 1.82) is 0 Å². The molecule has 4 N–H and O–H groups in total. The zero-order valence-corrected chi connectivity index (χ0v) is 19.3. The highest BCUT2D eigenvalue weighted by Gasteiger charge is 2.38. The van der Waals surface area contributed by atoms with Crippen LogP contribution in [0.5, 0.6) is 0 Å². The number of hydrogen-bond acceptors (Lipinski definition) is 9. The first kappa shape index (κ1) is 29.8. The fourth-order valence-electron chi connectivity index (χ4n) is 3.49. The van der Waals surface area contributed by atoms with Gasteiger partial charge in [0.25, 0.3) is 11.6 Å². The topological polar surface area (TPSA) is 192 Å². The molecule has 38 heavy (non-hydrogen) atoms. The van der Waals surface area contributed by atoms with Gasteiger partial charge in [-0.05, 0) is 0 Å². The quantitative estimate of drug-likeness (QED) is 0.212. The molecule has 2 heterocycles. The number of carbonyl (C=O) groups excluding carboxylic acids is 2. The van der Waals surface area contributed by atoms with Crippen LogP contribution in [0, 0.1) is 10.1 Å².